The number of benzene rings is 1. The van der Waals surface area contributed by atoms with E-state index in [0.29, 0.717) is 0 Å². The summed E-state index contributed by atoms with van der Waals surface area (Å²) < 4.78 is 0. The zero-order valence-corrected chi connectivity index (χ0v) is 9.95. The molecule has 1 aliphatic carbocycles. The Bertz CT molecular complexity index is 365. The minimum Gasteiger partial charge on any atom is -0.198 e. The van der Waals surface area contributed by atoms with Gasteiger partial charge in [0.1, 0.15) is 0 Å². The first-order chi connectivity index (χ1) is 7.81. The maximum absolute atomic E-state index is 8.86. The average molecular weight is 213 g/mol. The quantitative estimate of drug-likeness (QED) is 0.716. The Morgan fingerprint density at radius 1 is 1.12 bits per heavy atom. The first-order valence-electron chi connectivity index (χ1n) is 6.30. The van der Waals surface area contributed by atoms with Gasteiger partial charge in [0.15, 0.2) is 0 Å². The molecule has 1 aromatic carbocycles. The maximum Gasteiger partial charge on any atom is 0.0700 e. The summed E-state index contributed by atoms with van der Waals surface area (Å²) in [5.74, 6) is 0.778. The molecular weight excluding hydrogens is 194 g/mol. The van der Waals surface area contributed by atoms with Gasteiger partial charge in [0, 0.05) is 0 Å². The average Bonchev–Trinajstić information content (AvgIpc) is 2.39. The van der Waals surface area contributed by atoms with Crippen LogP contribution in [-0.4, -0.2) is 0 Å². The van der Waals surface area contributed by atoms with Crippen molar-refractivity contribution in [2.24, 2.45) is 0 Å². The summed E-state index contributed by atoms with van der Waals surface area (Å²) in [5, 5.41) is 8.86. The van der Waals surface area contributed by atoms with Crippen molar-refractivity contribution in [3.8, 4) is 6.07 Å². The van der Waals surface area contributed by atoms with Gasteiger partial charge in [-0.25, -0.2) is 0 Å². The standard InChI is InChI=1S/C15H19N/c1-12(11-16)13-7-9-15(10-8-13)14-5-3-2-4-6-14/h7-10,12,14H,2-6H2,1H3. The third-order valence-electron chi connectivity index (χ3n) is 3.71. The highest BCUT2D eigenvalue weighted by Crippen LogP contribution is 2.32. The topological polar surface area (TPSA) is 23.8 Å². The van der Waals surface area contributed by atoms with E-state index < -0.39 is 0 Å². The van der Waals surface area contributed by atoms with Crippen LogP contribution in [-0.2, 0) is 0 Å². The second kappa shape index (κ2) is 5.16. The Hall–Kier alpha value is -1.29. The van der Waals surface area contributed by atoms with Gasteiger partial charge in [0.2, 0.25) is 0 Å². The van der Waals surface area contributed by atoms with Crippen LogP contribution in [0.1, 0.15) is 62.0 Å². The Labute approximate surface area is 98.1 Å². The summed E-state index contributed by atoms with van der Waals surface area (Å²) in [6, 6.07) is 11.0. The molecule has 16 heavy (non-hydrogen) atoms. The van der Waals surface area contributed by atoms with Crippen LogP contribution in [0.15, 0.2) is 24.3 Å². The fraction of sp³-hybridized carbons (Fsp3) is 0.533. The maximum atomic E-state index is 8.86. The van der Waals surface area contributed by atoms with Gasteiger partial charge in [-0.15, -0.1) is 0 Å². The lowest BCUT2D eigenvalue weighted by Gasteiger charge is -2.22. The summed E-state index contributed by atoms with van der Waals surface area (Å²) in [4.78, 5) is 0. The minimum absolute atomic E-state index is 0.0143. The van der Waals surface area contributed by atoms with Gasteiger partial charge in [-0.1, -0.05) is 43.5 Å². The Kier molecular flexibility index (Phi) is 3.62. The minimum atomic E-state index is 0.0143. The molecule has 0 heterocycles. The molecule has 84 valence electrons. The van der Waals surface area contributed by atoms with Gasteiger partial charge >= 0.3 is 0 Å². The van der Waals surface area contributed by atoms with Gasteiger partial charge in [-0.3, -0.25) is 0 Å². The van der Waals surface area contributed by atoms with E-state index in [1.54, 1.807) is 0 Å². The molecule has 0 aromatic heterocycles. The molecule has 1 saturated carbocycles. The molecule has 0 spiro atoms. The third-order valence-corrected chi connectivity index (χ3v) is 3.71. The Morgan fingerprint density at radius 3 is 2.31 bits per heavy atom. The Balaban J connectivity index is 2.09. The summed E-state index contributed by atoms with van der Waals surface area (Å²) in [7, 11) is 0. The highest BCUT2D eigenvalue weighted by molar-refractivity contribution is 5.30. The zero-order chi connectivity index (χ0) is 11.4. The van der Waals surface area contributed by atoms with Gasteiger partial charge in [-0.2, -0.15) is 5.26 Å². The van der Waals surface area contributed by atoms with E-state index in [1.165, 1.54) is 37.7 Å². The number of hydrogen-bond donors (Lipinski definition) is 0. The summed E-state index contributed by atoms with van der Waals surface area (Å²) >= 11 is 0. The van der Waals surface area contributed by atoms with E-state index in [0.717, 1.165) is 11.5 Å². The molecule has 0 saturated heterocycles. The van der Waals surface area contributed by atoms with Crippen LogP contribution in [0.2, 0.25) is 0 Å². The highest BCUT2D eigenvalue weighted by Gasteiger charge is 2.15. The summed E-state index contributed by atoms with van der Waals surface area (Å²) in [5.41, 5.74) is 2.61. The van der Waals surface area contributed by atoms with Crippen molar-refractivity contribution < 1.29 is 0 Å². The molecule has 1 aromatic rings. The first-order valence-corrected chi connectivity index (χ1v) is 6.30. The van der Waals surface area contributed by atoms with E-state index >= 15 is 0 Å². The van der Waals surface area contributed by atoms with Crippen LogP contribution in [0.5, 0.6) is 0 Å². The third kappa shape index (κ3) is 2.44. The number of nitriles is 1. The van der Waals surface area contributed by atoms with Crippen molar-refractivity contribution in [1.29, 1.82) is 5.26 Å². The van der Waals surface area contributed by atoms with Crippen LogP contribution in [0.25, 0.3) is 0 Å². The molecule has 0 radical (unpaired) electrons. The number of rotatable bonds is 2. The molecule has 0 N–H and O–H groups in total. The first kappa shape index (κ1) is 11.2. The van der Waals surface area contributed by atoms with Crippen LogP contribution >= 0.6 is 0 Å². The Morgan fingerprint density at radius 2 is 1.75 bits per heavy atom. The van der Waals surface area contributed by atoms with Crippen LogP contribution in [0.4, 0.5) is 0 Å². The summed E-state index contributed by atoms with van der Waals surface area (Å²) in [6.45, 7) is 1.95. The number of hydrogen-bond acceptors (Lipinski definition) is 1. The molecule has 0 bridgehead atoms. The predicted octanol–water partition coefficient (Wildman–Crippen LogP) is 4.36. The normalized spacial score (nSPS) is 19.0. The van der Waals surface area contributed by atoms with Crippen molar-refractivity contribution in [3.63, 3.8) is 0 Å². The van der Waals surface area contributed by atoms with Gasteiger partial charge in [0.05, 0.1) is 12.0 Å². The van der Waals surface area contributed by atoms with Crippen LogP contribution in [0, 0.1) is 11.3 Å². The number of nitrogens with zero attached hydrogens (tertiary/aromatic N) is 1. The molecule has 1 fully saturated rings. The van der Waals surface area contributed by atoms with E-state index in [1.807, 2.05) is 6.92 Å². The lowest BCUT2D eigenvalue weighted by atomic mass is 9.83. The monoisotopic (exact) mass is 213 g/mol. The van der Waals surface area contributed by atoms with Crippen LogP contribution in [0.3, 0.4) is 0 Å². The van der Waals surface area contributed by atoms with Crippen molar-refractivity contribution in [2.45, 2.75) is 50.9 Å². The van der Waals surface area contributed by atoms with Gasteiger partial charge < -0.3 is 0 Å². The van der Waals surface area contributed by atoms with E-state index in [4.69, 9.17) is 5.26 Å². The second-order valence-corrected chi connectivity index (χ2v) is 4.85. The molecule has 1 nitrogen and oxygen atoms in total. The molecule has 1 heteroatoms. The molecule has 0 amide bonds. The second-order valence-electron chi connectivity index (χ2n) is 4.85. The SMILES string of the molecule is CC(C#N)c1ccc(C2CCCCC2)cc1. The van der Waals surface area contributed by atoms with Crippen molar-refractivity contribution >= 4 is 0 Å². The lowest BCUT2D eigenvalue weighted by Crippen LogP contribution is -2.04. The summed E-state index contributed by atoms with van der Waals surface area (Å²) in [6.07, 6.45) is 6.84. The van der Waals surface area contributed by atoms with Crippen molar-refractivity contribution in [3.05, 3.63) is 35.4 Å². The van der Waals surface area contributed by atoms with Crippen molar-refractivity contribution in [1.82, 2.24) is 0 Å². The highest BCUT2D eigenvalue weighted by atomic mass is 14.3. The molecular formula is C15H19N. The zero-order valence-electron chi connectivity index (χ0n) is 9.95. The molecule has 1 aliphatic rings. The largest absolute Gasteiger partial charge is 0.198 e. The van der Waals surface area contributed by atoms with Crippen molar-refractivity contribution in [2.75, 3.05) is 0 Å². The molecule has 1 unspecified atom stereocenters. The van der Waals surface area contributed by atoms with E-state index in [-0.39, 0.29) is 5.92 Å². The predicted molar refractivity (Wildman–Crippen MR) is 66.3 cm³/mol. The lowest BCUT2D eigenvalue weighted by molar-refractivity contribution is 0.443. The van der Waals surface area contributed by atoms with E-state index in [9.17, 15) is 0 Å². The smallest absolute Gasteiger partial charge is 0.0700 e. The van der Waals surface area contributed by atoms with Crippen LogP contribution < -0.4 is 0 Å². The van der Waals surface area contributed by atoms with E-state index in [2.05, 4.69) is 30.3 Å². The molecule has 1 atom stereocenters. The fourth-order valence-electron chi connectivity index (χ4n) is 2.57. The van der Waals surface area contributed by atoms with Gasteiger partial charge in [-0.05, 0) is 36.8 Å². The molecule has 0 aliphatic heterocycles. The van der Waals surface area contributed by atoms with Gasteiger partial charge in [0.25, 0.3) is 0 Å². The molecule has 2 rings (SSSR count). The fourth-order valence-corrected chi connectivity index (χ4v) is 2.57.